The first-order valence-electron chi connectivity index (χ1n) is 7.34. The van der Waals surface area contributed by atoms with Crippen molar-refractivity contribution in [2.24, 2.45) is 0 Å². The Kier molecular flexibility index (Phi) is 4.70. The number of aromatic nitrogens is 1. The van der Waals surface area contributed by atoms with Crippen molar-refractivity contribution >= 4 is 0 Å². The lowest BCUT2D eigenvalue weighted by atomic mass is 10.1. The van der Waals surface area contributed by atoms with Gasteiger partial charge in [-0.1, -0.05) is 6.92 Å². The van der Waals surface area contributed by atoms with Crippen LogP contribution in [-0.4, -0.2) is 35.3 Å². The summed E-state index contributed by atoms with van der Waals surface area (Å²) >= 11 is 0. The fourth-order valence-corrected chi connectivity index (χ4v) is 2.88. The van der Waals surface area contributed by atoms with Gasteiger partial charge in [-0.05, 0) is 64.8 Å². The summed E-state index contributed by atoms with van der Waals surface area (Å²) in [6.45, 7) is 10.4. The monoisotopic (exact) mass is 249 g/mol. The largest absolute Gasteiger partial charge is 0.323 e. The second-order valence-electron chi connectivity index (χ2n) is 5.55. The maximum Gasteiger partial charge on any atom is 0.0437 e. The van der Waals surface area contributed by atoms with Crippen molar-refractivity contribution in [1.82, 2.24) is 9.58 Å². The van der Waals surface area contributed by atoms with Crippen molar-refractivity contribution in [2.45, 2.75) is 52.5 Å². The van der Waals surface area contributed by atoms with E-state index in [0.29, 0.717) is 6.04 Å². The van der Waals surface area contributed by atoms with E-state index in [0.717, 1.165) is 0 Å². The molecule has 1 N–H and O–H groups in total. The molecule has 3 heteroatoms. The SMILES string of the molecule is CCCN1CCCC(Nn2c(C)ccc2C)CC1. The molecule has 1 aliphatic heterocycles. The highest BCUT2D eigenvalue weighted by atomic mass is 15.4. The number of hydrogen-bond donors (Lipinski definition) is 1. The van der Waals surface area contributed by atoms with Crippen molar-refractivity contribution in [2.75, 3.05) is 25.1 Å². The number of nitrogens with one attached hydrogen (secondary N) is 1. The molecule has 0 aliphatic carbocycles. The molecule has 1 aromatic heterocycles. The summed E-state index contributed by atoms with van der Waals surface area (Å²) in [6.07, 6.45) is 5.14. The quantitative estimate of drug-likeness (QED) is 0.885. The molecular weight excluding hydrogens is 222 g/mol. The molecule has 0 saturated carbocycles. The first kappa shape index (κ1) is 13.5. The van der Waals surface area contributed by atoms with Crippen LogP contribution < -0.4 is 5.43 Å². The molecule has 1 aliphatic rings. The summed E-state index contributed by atoms with van der Waals surface area (Å²) in [5.74, 6) is 0. The second-order valence-corrected chi connectivity index (χ2v) is 5.55. The molecule has 1 unspecified atom stereocenters. The highest BCUT2D eigenvalue weighted by Crippen LogP contribution is 2.14. The van der Waals surface area contributed by atoms with E-state index in [1.165, 1.54) is 56.7 Å². The normalized spacial score (nSPS) is 21.8. The van der Waals surface area contributed by atoms with Crippen LogP contribution in [0.3, 0.4) is 0 Å². The van der Waals surface area contributed by atoms with Crippen molar-refractivity contribution in [3.8, 4) is 0 Å². The third-order valence-electron chi connectivity index (χ3n) is 3.94. The Hall–Kier alpha value is -0.960. The molecular formula is C15H27N3. The van der Waals surface area contributed by atoms with E-state index in [4.69, 9.17) is 0 Å². The fourth-order valence-electron chi connectivity index (χ4n) is 2.88. The molecule has 18 heavy (non-hydrogen) atoms. The lowest BCUT2D eigenvalue weighted by molar-refractivity contribution is 0.284. The minimum Gasteiger partial charge on any atom is -0.323 e. The van der Waals surface area contributed by atoms with E-state index in [1.807, 2.05) is 0 Å². The molecule has 1 atom stereocenters. The van der Waals surface area contributed by atoms with Crippen LogP contribution in [0.1, 0.15) is 44.0 Å². The van der Waals surface area contributed by atoms with Gasteiger partial charge in [0, 0.05) is 24.0 Å². The number of hydrogen-bond acceptors (Lipinski definition) is 2. The van der Waals surface area contributed by atoms with Gasteiger partial charge >= 0.3 is 0 Å². The number of aryl methyl sites for hydroxylation is 2. The first-order valence-corrected chi connectivity index (χ1v) is 7.34. The lowest BCUT2D eigenvalue weighted by Crippen LogP contribution is -2.31. The Bertz CT molecular complexity index is 350. The molecule has 1 fully saturated rings. The van der Waals surface area contributed by atoms with Gasteiger partial charge in [0.05, 0.1) is 0 Å². The summed E-state index contributed by atoms with van der Waals surface area (Å²) in [4.78, 5) is 2.61. The van der Waals surface area contributed by atoms with Crippen LogP contribution in [0.4, 0.5) is 0 Å². The third-order valence-corrected chi connectivity index (χ3v) is 3.94. The van der Waals surface area contributed by atoms with Gasteiger partial charge < -0.3 is 10.3 Å². The van der Waals surface area contributed by atoms with Crippen molar-refractivity contribution in [3.05, 3.63) is 23.5 Å². The molecule has 2 rings (SSSR count). The number of likely N-dealkylation sites (tertiary alicyclic amines) is 1. The zero-order chi connectivity index (χ0) is 13.0. The van der Waals surface area contributed by atoms with Gasteiger partial charge in [0.25, 0.3) is 0 Å². The van der Waals surface area contributed by atoms with Crippen LogP contribution in [0.15, 0.2) is 12.1 Å². The van der Waals surface area contributed by atoms with Crippen molar-refractivity contribution in [3.63, 3.8) is 0 Å². The summed E-state index contributed by atoms with van der Waals surface area (Å²) in [5.41, 5.74) is 6.31. The summed E-state index contributed by atoms with van der Waals surface area (Å²) in [5, 5.41) is 0. The van der Waals surface area contributed by atoms with Crippen molar-refractivity contribution in [1.29, 1.82) is 0 Å². The fraction of sp³-hybridized carbons (Fsp3) is 0.733. The predicted octanol–water partition coefficient (Wildman–Crippen LogP) is 2.91. The van der Waals surface area contributed by atoms with Gasteiger partial charge in [-0.25, -0.2) is 0 Å². The zero-order valence-corrected chi connectivity index (χ0v) is 12.1. The summed E-state index contributed by atoms with van der Waals surface area (Å²) in [6, 6.07) is 4.99. The molecule has 102 valence electrons. The van der Waals surface area contributed by atoms with Crippen LogP contribution in [0.25, 0.3) is 0 Å². The Morgan fingerprint density at radius 2 is 1.89 bits per heavy atom. The van der Waals surface area contributed by atoms with Crippen LogP contribution in [0.2, 0.25) is 0 Å². The average Bonchev–Trinajstić information content (AvgIpc) is 2.57. The van der Waals surface area contributed by atoms with E-state index in [2.05, 4.69) is 47.9 Å². The molecule has 3 nitrogen and oxygen atoms in total. The summed E-state index contributed by atoms with van der Waals surface area (Å²) < 4.78 is 2.25. The van der Waals surface area contributed by atoms with E-state index in [1.54, 1.807) is 0 Å². The van der Waals surface area contributed by atoms with Crippen LogP contribution in [0, 0.1) is 13.8 Å². The van der Waals surface area contributed by atoms with Gasteiger partial charge in [0.1, 0.15) is 0 Å². The molecule has 2 heterocycles. The highest BCUT2D eigenvalue weighted by molar-refractivity contribution is 5.15. The third kappa shape index (κ3) is 3.29. The molecule has 1 aromatic rings. The van der Waals surface area contributed by atoms with Gasteiger partial charge in [-0.2, -0.15) is 0 Å². The average molecular weight is 249 g/mol. The maximum atomic E-state index is 3.69. The smallest absolute Gasteiger partial charge is 0.0437 e. The topological polar surface area (TPSA) is 20.2 Å². The molecule has 0 spiro atoms. The molecule has 0 aromatic carbocycles. The van der Waals surface area contributed by atoms with E-state index in [9.17, 15) is 0 Å². The Morgan fingerprint density at radius 3 is 2.56 bits per heavy atom. The Labute approximate surface area is 111 Å². The molecule has 0 amide bonds. The Morgan fingerprint density at radius 1 is 1.17 bits per heavy atom. The zero-order valence-electron chi connectivity index (χ0n) is 12.1. The van der Waals surface area contributed by atoms with Crippen LogP contribution in [0.5, 0.6) is 0 Å². The Balaban J connectivity index is 1.91. The van der Waals surface area contributed by atoms with Gasteiger partial charge in [-0.15, -0.1) is 0 Å². The number of nitrogens with zero attached hydrogens (tertiary/aromatic N) is 2. The van der Waals surface area contributed by atoms with Gasteiger partial charge in [-0.3, -0.25) is 4.68 Å². The van der Waals surface area contributed by atoms with E-state index in [-0.39, 0.29) is 0 Å². The standard InChI is InChI=1S/C15H27N3/c1-4-10-17-11-5-6-15(9-12-17)16-18-13(2)7-8-14(18)3/h7-8,15-16H,4-6,9-12H2,1-3H3. The second kappa shape index (κ2) is 6.28. The maximum absolute atomic E-state index is 3.69. The van der Waals surface area contributed by atoms with E-state index >= 15 is 0 Å². The molecule has 0 bridgehead atoms. The van der Waals surface area contributed by atoms with Crippen molar-refractivity contribution < 1.29 is 0 Å². The minimum atomic E-state index is 0.622. The first-order chi connectivity index (χ1) is 8.70. The van der Waals surface area contributed by atoms with Gasteiger partial charge in [0.15, 0.2) is 0 Å². The van der Waals surface area contributed by atoms with Crippen LogP contribution >= 0.6 is 0 Å². The minimum absolute atomic E-state index is 0.622. The summed E-state index contributed by atoms with van der Waals surface area (Å²) in [7, 11) is 0. The predicted molar refractivity (Wildman–Crippen MR) is 77.6 cm³/mol. The molecule has 0 radical (unpaired) electrons. The highest BCUT2D eigenvalue weighted by Gasteiger charge is 2.17. The van der Waals surface area contributed by atoms with Crippen LogP contribution in [-0.2, 0) is 0 Å². The lowest BCUT2D eigenvalue weighted by Gasteiger charge is -2.22. The number of rotatable bonds is 4. The van der Waals surface area contributed by atoms with Gasteiger partial charge in [0.2, 0.25) is 0 Å². The molecule has 1 saturated heterocycles. The van der Waals surface area contributed by atoms with E-state index < -0.39 is 0 Å².